The average Bonchev–Trinajstić information content (AvgIpc) is 2.46. The van der Waals surface area contributed by atoms with Crippen LogP contribution < -0.4 is 10.6 Å². The molecule has 0 unspecified atom stereocenters. The fourth-order valence-corrected chi connectivity index (χ4v) is 2.51. The van der Waals surface area contributed by atoms with Gasteiger partial charge in [0, 0.05) is 24.9 Å². The van der Waals surface area contributed by atoms with E-state index in [2.05, 4.69) is 10.6 Å². The summed E-state index contributed by atoms with van der Waals surface area (Å²) in [6, 6.07) is 1.52. The molecule has 0 radical (unpaired) electrons. The zero-order valence-electron chi connectivity index (χ0n) is 11.6. The summed E-state index contributed by atoms with van der Waals surface area (Å²) in [6.45, 7) is 1.53. The van der Waals surface area contributed by atoms with Crippen LogP contribution in [0.3, 0.4) is 0 Å². The minimum atomic E-state index is -1.55. The van der Waals surface area contributed by atoms with Gasteiger partial charge in [0.15, 0.2) is 17.5 Å². The lowest BCUT2D eigenvalue weighted by molar-refractivity contribution is -0.130. The molecule has 1 aromatic rings. The minimum absolute atomic E-state index is 0.106. The molecule has 1 fully saturated rings. The van der Waals surface area contributed by atoms with Crippen molar-refractivity contribution in [2.45, 2.75) is 12.8 Å². The number of ether oxygens (including phenoxy) is 1. The van der Waals surface area contributed by atoms with Gasteiger partial charge in [0.2, 0.25) is 5.91 Å². The number of benzene rings is 1. The maximum absolute atomic E-state index is 13.2. The molecule has 2 N–H and O–H groups in total. The number of halogens is 3. The summed E-state index contributed by atoms with van der Waals surface area (Å²) in [5.74, 6) is -4.61. The average molecular weight is 302 g/mol. The van der Waals surface area contributed by atoms with Gasteiger partial charge in [-0.1, -0.05) is 0 Å². The number of rotatable bonds is 4. The number of piperidine rings is 1. The highest BCUT2D eigenvalue weighted by Crippen LogP contribution is 2.31. The topological polar surface area (TPSA) is 50.4 Å². The van der Waals surface area contributed by atoms with Gasteiger partial charge in [-0.05, 0) is 25.9 Å². The van der Waals surface area contributed by atoms with Crippen LogP contribution in [-0.2, 0) is 9.53 Å². The predicted molar refractivity (Wildman–Crippen MR) is 71.4 cm³/mol. The molecule has 1 saturated heterocycles. The lowest BCUT2D eigenvalue weighted by Crippen LogP contribution is -2.47. The summed E-state index contributed by atoms with van der Waals surface area (Å²) in [5, 5.41) is 5.59. The van der Waals surface area contributed by atoms with E-state index in [-0.39, 0.29) is 18.2 Å². The van der Waals surface area contributed by atoms with E-state index in [1.807, 2.05) is 0 Å². The van der Waals surface area contributed by atoms with Crippen molar-refractivity contribution in [3.63, 3.8) is 0 Å². The van der Waals surface area contributed by atoms with Gasteiger partial charge in [-0.25, -0.2) is 13.2 Å². The Morgan fingerprint density at radius 1 is 1.29 bits per heavy atom. The van der Waals surface area contributed by atoms with Crippen LogP contribution in [0.5, 0.6) is 0 Å². The van der Waals surface area contributed by atoms with Crippen molar-refractivity contribution >= 4 is 11.6 Å². The molecule has 4 nitrogen and oxygen atoms in total. The third-order valence-corrected chi connectivity index (χ3v) is 3.70. The highest BCUT2D eigenvalue weighted by Gasteiger charge is 2.39. The Morgan fingerprint density at radius 2 is 1.86 bits per heavy atom. The van der Waals surface area contributed by atoms with Gasteiger partial charge < -0.3 is 15.4 Å². The molecule has 2 rings (SSSR count). The molecular formula is C14H17F3N2O2. The molecule has 7 heteroatoms. The number of hydrogen-bond acceptors (Lipinski definition) is 3. The first-order valence-corrected chi connectivity index (χ1v) is 6.64. The Bertz CT molecular complexity index is 502. The summed E-state index contributed by atoms with van der Waals surface area (Å²) >= 11 is 0. The zero-order chi connectivity index (χ0) is 15.5. The van der Waals surface area contributed by atoms with Crippen LogP contribution >= 0.6 is 0 Å². The second-order valence-electron chi connectivity index (χ2n) is 5.17. The van der Waals surface area contributed by atoms with E-state index >= 15 is 0 Å². The van der Waals surface area contributed by atoms with Gasteiger partial charge in [-0.15, -0.1) is 0 Å². The Balaban J connectivity index is 2.19. The molecule has 1 aliphatic heterocycles. The molecule has 1 aliphatic rings. The van der Waals surface area contributed by atoms with E-state index in [1.165, 1.54) is 7.11 Å². The summed E-state index contributed by atoms with van der Waals surface area (Å²) in [6.07, 6.45) is 1.11. The van der Waals surface area contributed by atoms with Crippen LogP contribution in [0.2, 0.25) is 0 Å². The third kappa shape index (κ3) is 3.36. The van der Waals surface area contributed by atoms with Crippen LogP contribution in [0, 0.1) is 22.9 Å². The van der Waals surface area contributed by atoms with Gasteiger partial charge >= 0.3 is 0 Å². The van der Waals surface area contributed by atoms with Gasteiger partial charge in [0.1, 0.15) is 0 Å². The lowest BCUT2D eigenvalue weighted by Gasteiger charge is -2.35. The van der Waals surface area contributed by atoms with E-state index in [1.54, 1.807) is 0 Å². The summed E-state index contributed by atoms with van der Waals surface area (Å²) in [4.78, 5) is 12.4. The molecule has 0 aliphatic carbocycles. The second-order valence-corrected chi connectivity index (χ2v) is 5.17. The van der Waals surface area contributed by atoms with Crippen LogP contribution in [0.25, 0.3) is 0 Å². The number of nitrogens with one attached hydrogen (secondary N) is 2. The molecule has 0 atom stereocenters. The van der Waals surface area contributed by atoms with E-state index in [0.29, 0.717) is 25.9 Å². The largest absolute Gasteiger partial charge is 0.384 e. The van der Waals surface area contributed by atoms with Crippen molar-refractivity contribution in [3.8, 4) is 0 Å². The van der Waals surface area contributed by atoms with Crippen molar-refractivity contribution in [1.82, 2.24) is 5.32 Å². The predicted octanol–water partition coefficient (Wildman–Crippen LogP) is 2.06. The van der Waals surface area contributed by atoms with Crippen molar-refractivity contribution in [3.05, 3.63) is 29.6 Å². The highest BCUT2D eigenvalue weighted by atomic mass is 19.2. The van der Waals surface area contributed by atoms with Crippen LogP contribution in [0.1, 0.15) is 12.8 Å². The molecule has 116 valence electrons. The van der Waals surface area contributed by atoms with E-state index in [9.17, 15) is 18.0 Å². The summed E-state index contributed by atoms with van der Waals surface area (Å²) in [5.41, 5.74) is -0.855. The van der Waals surface area contributed by atoms with E-state index in [4.69, 9.17) is 4.74 Å². The number of methoxy groups -OCH3 is 1. The summed E-state index contributed by atoms with van der Waals surface area (Å²) in [7, 11) is 1.49. The van der Waals surface area contributed by atoms with Gasteiger partial charge in [-0.3, -0.25) is 4.79 Å². The molecule has 21 heavy (non-hydrogen) atoms. The Morgan fingerprint density at radius 3 is 2.38 bits per heavy atom. The van der Waals surface area contributed by atoms with Gasteiger partial charge in [-0.2, -0.15) is 0 Å². The quantitative estimate of drug-likeness (QED) is 0.837. The minimum Gasteiger partial charge on any atom is -0.384 e. The Labute approximate surface area is 120 Å². The molecule has 0 saturated carbocycles. The van der Waals surface area contributed by atoms with Gasteiger partial charge in [0.05, 0.1) is 12.0 Å². The van der Waals surface area contributed by atoms with E-state index in [0.717, 1.165) is 12.1 Å². The number of hydrogen-bond donors (Lipinski definition) is 2. The first-order chi connectivity index (χ1) is 9.98. The van der Waals surface area contributed by atoms with E-state index < -0.39 is 22.9 Å². The molecule has 0 spiro atoms. The maximum Gasteiger partial charge on any atom is 0.233 e. The SMILES string of the molecule is COCC1(C(=O)Nc2cc(F)c(F)c(F)c2)CCNCC1. The fourth-order valence-electron chi connectivity index (χ4n) is 2.51. The first kappa shape index (κ1) is 15.8. The molecule has 1 aromatic carbocycles. The number of amides is 1. The third-order valence-electron chi connectivity index (χ3n) is 3.70. The molecule has 0 aromatic heterocycles. The van der Waals surface area contributed by atoms with Crippen LogP contribution in [0.15, 0.2) is 12.1 Å². The van der Waals surface area contributed by atoms with Crippen molar-refractivity contribution < 1.29 is 22.7 Å². The molecule has 0 bridgehead atoms. The normalized spacial score (nSPS) is 17.5. The highest BCUT2D eigenvalue weighted by molar-refractivity contribution is 5.95. The zero-order valence-corrected chi connectivity index (χ0v) is 11.6. The second kappa shape index (κ2) is 6.44. The Kier molecular flexibility index (Phi) is 4.84. The Hall–Kier alpha value is -1.60. The van der Waals surface area contributed by atoms with Crippen molar-refractivity contribution in [2.24, 2.45) is 5.41 Å². The lowest BCUT2D eigenvalue weighted by atomic mass is 9.78. The number of carbonyl (C=O) groups excluding carboxylic acids is 1. The fraction of sp³-hybridized carbons (Fsp3) is 0.500. The molecular weight excluding hydrogens is 285 g/mol. The van der Waals surface area contributed by atoms with Crippen LogP contribution in [0.4, 0.5) is 18.9 Å². The smallest absolute Gasteiger partial charge is 0.233 e. The van der Waals surface area contributed by atoms with Crippen LogP contribution in [-0.4, -0.2) is 32.7 Å². The first-order valence-electron chi connectivity index (χ1n) is 6.64. The number of carbonyl (C=O) groups is 1. The molecule has 1 heterocycles. The monoisotopic (exact) mass is 302 g/mol. The number of anilines is 1. The van der Waals surface area contributed by atoms with Gasteiger partial charge in [0.25, 0.3) is 0 Å². The maximum atomic E-state index is 13.2. The summed E-state index contributed by atoms with van der Waals surface area (Å²) < 4.78 is 44.4. The van der Waals surface area contributed by atoms with Crippen molar-refractivity contribution in [1.29, 1.82) is 0 Å². The molecule has 1 amide bonds. The van der Waals surface area contributed by atoms with Crippen molar-refractivity contribution in [2.75, 3.05) is 32.1 Å². The standard InChI is InChI=1S/C14H17F3N2O2/c1-21-8-14(2-4-18-5-3-14)13(20)19-9-6-10(15)12(17)11(16)7-9/h6-7,18H,2-5,8H2,1H3,(H,19,20).